The fraction of sp³-hybridized carbons (Fsp3) is 0.630. The number of carbonyl (C=O) groups is 13. The molecular weight excluding hydrogens is 1160 g/mol. The molecule has 24 N–H and O–H groups in total. The zero-order chi connectivity index (χ0) is 67.1. The van der Waals surface area contributed by atoms with Gasteiger partial charge in [0.15, 0.2) is 5.96 Å². The predicted octanol–water partition coefficient (Wildman–Crippen LogP) is -7.75. The highest BCUT2D eigenvalue weighted by molar-refractivity contribution is 5.99. The molecule has 0 bridgehead atoms. The first-order chi connectivity index (χ1) is 41.2. The van der Waals surface area contributed by atoms with Crippen LogP contribution in [0.15, 0.2) is 29.3 Å². The Morgan fingerprint density at radius 2 is 0.886 bits per heavy atom. The van der Waals surface area contributed by atoms with Crippen LogP contribution < -0.4 is 81.4 Å². The van der Waals surface area contributed by atoms with E-state index >= 15 is 0 Å². The second kappa shape index (κ2) is 39.1. The first-order valence-electron chi connectivity index (χ1n) is 28.4. The molecule has 0 aliphatic rings. The number of hydrogen-bond donors (Lipinski definition) is 20. The van der Waals surface area contributed by atoms with Gasteiger partial charge in [0.05, 0.1) is 39.3 Å². The minimum absolute atomic E-state index is 0.0337. The fourth-order valence-electron chi connectivity index (χ4n) is 8.06. The first kappa shape index (κ1) is 77.3. The number of rotatable bonds is 40. The molecule has 1 rings (SSSR count). The third-order valence-electron chi connectivity index (χ3n) is 13.7. The van der Waals surface area contributed by atoms with Gasteiger partial charge in [-0.25, -0.2) is 4.79 Å². The minimum atomic E-state index is -1.77. The third-order valence-corrected chi connectivity index (χ3v) is 13.7. The number of carboxylic acids is 1. The summed E-state index contributed by atoms with van der Waals surface area (Å²) in [6, 6.07) is -9.45. The van der Waals surface area contributed by atoms with Gasteiger partial charge in [0.1, 0.15) is 66.2 Å². The number of nitrogens with zero attached hydrogens (tertiary/aromatic N) is 1. The average Bonchev–Trinajstić information content (AvgIpc) is 3.57. The van der Waals surface area contributed by atoms with Crippen molar-refractivity contribution >= 4 is 82.8 Å². The number of phenolic OH excluding ortho intramolecular Hbond substituents is 1. The molecule has 0 heterocycles. The average molecular weight is 1250 g/mol. The zero-order valence-electron chi connectivity index (χ0n) is 50.7. The van der Waals surface area contributed by atoms with Gasteiger partial charge in [-0.1, -0.05) is 80.4 Å². The lowest BCUT2D eigenvalue weighted by Crippen LogP contribution is -2.62. The lowest BCUT2D eigenvalue weighted by molar-refractivity contribution is -0.142. The molecule has 88 heavy (non-hydrogen) atoms. The van der Waals surface area contributed by atoms with Crippen LogP contribution in [0, 0.1) is 23.7 Å². The molecule has 12 atom stereocenters. The molecule has 0 fully saturated rings. The van der Waals surface area contributed by atoms with Crippen LogP contribution in [0.3, 0.4) is 0 Å². The summed E-state index contributed by atoms with van der Waals surface area (Å²) in [5, 5.41) is 75.4. The van der Waals surface area contributed by atoms with Gasteiger partial charge < -0.3 is 107 Å². The Kier molecular flexibility index (Phi) is 34.3. The molecule has 12 amide bonds. The molecule has 0 saturated carbocycles. The Morgan fingerprint density at radius 1 is 0.489 bits per heavy atom. The van der Waals surface area contributed by atoms with E-state index in [1.165, 1.54) is 38.1 Å². The number of aromatic hydroxyl groups is 1. The second-order valence-corrected chi connectivity index (χ2v) is 21.5. The van der Waals surface area contributed by atoms with Crippen LogP contribution in [0.5, 0.6) is 5.75 Å². The molecule has 0 spiro atoms. The highest BCUT2D eigenvalue weighted by Crippen LogP contribution is 2.15. The van der Waals surface area contributed by atoms with Crippen molar-refractivity contribution in [1.82, 2.24) is 58.5 Å². The van der Waals surface area contributed by atoms with Crippen LogP contribution in [0.2, 0.25) is 0 Å². The fourth-order valence-corrected chi connectivity index (χ4v) is 8.06. The molecule has 34 nitrogen and oxygen atoms in total. The number of nitrogens with one attached hydrogen (secondary N) is 11. The highest BCUT2D eigenvalue weighted by Gasteiger charge is 2.37. The normalized spacial score (nSPS) is 15.2. The molecule has 34 heteroatoms. The summed E-state index contributed by atoms with van der Waals surface area (Å²) in [5.74, 6) is -16.0. The van der Waals surface area contributed by atoms with Gasteiger partial charge in [0, 0.05) is 13.0 Å². The van der Waals surface area contributed by atoms with E-state index < -0.39 is 200 Å². The number of guanidine groups is 1. The number of hydrogen-bond acceptors (Lipinski definition) is 19. The number of aliphatic imine (C=N–C) groups is 1. The third kappa shape index (κ3) is 27.3. The number of carboxylic acid groups (broad SMARTS) is 1. The standard InChI is InChI=1S/C54H90N16O18/c1-9-27(7)42(69-44(78)31(55)22-71)51(85)66-36(24-73)48(82)70-43(28(8)10-2)52(86)68-41(26(5)6)50(84)61-21-39(77)63-35(23-72)47(81)65-33(18-29-13-15-30(74)16-14-29)46(80)67-40(25(3)4)49(83)60-20-38(76)62-34(19-37(56)75)45(79)64-32(53(87)88)12-11-17-59-54(57)58/h13-16,25-28,31-36,40-43,71-74H,9-12,17-24,55H2,1-8H3,(H2,56,75)(H,60,83)(H,61,84)(H,62,76)(H,63,77)(H,64,79)(H,65,81)(H,66,85)(H,67,80)(H,68,86)(H,69,78)(H,70,82)(H,87,88)(H4,57,58,59)/t27?,28?,31-,32-,33-,34-,35-,36-,40-,41-,42-,43-/m0/s1. The van der Waals surface area contributed by atoms with Crippen molar-refractivity contribution in [3.8, 4) is 5.75 Å². The Labute approximate surface area is 508 Å². The van der Waals surface area contributed by atoms with Crippen LogP contribution >= 0.6 is 0 Å². The Morgan fingerprint density at radius 3 is 1.33 bits per heavy atom. The van der Waals surface area contributed by atoms with Crippen molar-refractivity contribution in [2.45, 2.75) is 154 Å². The number of phenols is 1. The maximum Gasteiger partial charge on any atom is 0.326 e. The van der Waals surface area contributed by atoms with E-state index in [-0.39, 0.29) is 37.5 Å². The maximum absolute atomic E-state index is 14.0. The number of carbonyl (C=O) groups excluding carboxylic acids is 12. The quantitative estimate of drug-likeness (QED) is 0.0165. The lowest BCUT2D eigenvalue weighted by Gasteiger charge is -2.30. The Hall–Kier alpha value is -8.76. The van der Waals surface area contributed by atoms with Crippen molar-refractivity contribution in [3.05, 3.63) is 29.8 Å². The van der Waals surface area contributed by atoms with Crippen LogP contribution in [-0.4, -0.2) is 208 Å². The lowest BCUT2D eigenvalue weighted by atomic mass is 9.96. The monoisotopic (exact) mass is 1250 g/mol. The summed E-state index contributed by atoms with van der Waals surface area (Å²) in [4.78, 5) is 175. The van der Waals surface area contributed by atoms with Gasteiger partial charge in [-0.3, -0.25) is 62.5 Å². The van der Waals surface area contributed by atoms with Crippen molar-refractivity contribution in [3.63, 3.8) is 0 Å². The van der Waals surface area contributed by atoms with E-state index in [9.17, 15) is 87.9 Å². The molecule has 1 aromatic rings. The van der Waals surface area contributed by atoms with E-state index in [0.29, 0.717) is 18.4 Å². The number of amides is 12. The van der Waals surface area contributed by atoms with E-state index in [0.717, 1.165) is 0 Å². The number of primary amides is 1. The molecular formula is C54H90N16O18. The van der Waals surface area contributed by atoms with Crippen LogP contribution in [0.4, 0.5) is 0 Å². The molecule has 0 aromatic heterocycles. The smallest absolute Gasteiger partial charge is 0.326 e. The van der Waals surface area contributed by atoms with Crippen molar-refractivity contribution in [2.75, 3.05) is 39.5 Å². The molecule has 0 saturated heterocycles. The highest BCUT2D eigenvalue weighted by atomic mass is 16.4. The summed E-state index contributed by atoms with van der Waals surface area (Å²) in [7, 11) is 0. The topological polar surface area (TPSA) is 572 Å². The van der Waals surface area contributed by atoms with Gasteiger partial charge in [-0.05, 0) is 54.2 Å². The molecule has 0 radical (unpaired) electrons. The SMILES string of the molecule is CCC(C)[C@H](NC(=O)[C@H](CO)NC(=O)[C@@H](NC(=O)[C@@H](N)CO)C(C)CC)C(=O)N[C@H](C(=O)NCC(=O)N[C@@H](CO)C(=O)N[C@@H](Cc1ccc(O)cc1)C(=O)N[C@H](C(=O)NCC(=O)N[C@@H](CC(N)=O)C(=O)N[C@@H](CCCN=C(N)N)C(=O)O)C(C)C)C(C)C. The molecule has 0 aliphatic carbocycles. The second-order valence-electron chi connectivity index (χ2n) is 21.5. The van der Waals surface area contributed by atoms with E-state index in [1.807, 2.05) is 0 Å². The van der Waals surface area contributed by atoms with Crippen LogP contribution in [0.1, 0.15) is 93.1 Å². The summed E-state index contributed by atoms with van der Waals surface area (Å²) in [6.07, 6.45) is -0.408. The molecule has 2 unspecified atom stereocenters. The van der Waals surface area contributed by atoms with Gasteiger partial charge in [-0.2, -0.15) is 0 Å². The van der Waals surface area contributed by atoms with Gasteiger partial charge in [0.25, 0.3) is 0 Å². The van der Waals surface area contributed by atoms with Gasteiger partial charge in [-0.15, -0.1) is 0 Å². The Balaban J connectivity index is 3.22. The first-order valence-corrected chi connectivity index (χ1v) is 28.4. The van der Waals surface area contributed by atoms with Crippen molar-refractivity contribution < 1.29 is 87.9 Å². The number of aliphatic hydroxyl groups excluding tert-OH is 3. The molecule has 1 aromatic carbocycles. The predicted molar refractivity (Wildman–Crippen MR) is 314 cm³/mol. The maximum atomic E-state index is 14.0. The largest absolute Gasteiger partial charge is 0.508 e. The van der Waals surface area contributed by atoms with Crippen molar-refractivity contribution in [2.24, 2.45) is 51.6 Å². The summed E-state index contributed by atoms with van der Waals surface area (Å²) in [6.45, 7) is 8.51. The van der Waals surface area contributed by atoms with Crippen LogP contribution in [0.25, 0.3) is 0 Å². The number of nitrogens with two attached hydrogens (primary N) is 4. The number of benzene rings is 1. The van der Waals surface area contributed by atoms with E-state index in [4.69, 9.17) is 22.9 Å². The Bertz CT molecular complexity index is 2590. The van der Waals surface area contributed by atoms with Gasteiger partial charge in [0.2, 0.25) is 70.9 Å². The number of aliphatic carboxylic acids is 1. The molecule has 494 valence electrons. The molecule has 0 aliphatic heterocycles. The number of aliphatic hydroxyl groups is 3. The zero-order valence-corrected chi connectivity index (χ0v) is 50.7. The summed E-state index contributed by atoms with van der Waals surface area (Å²) < 4.78 is 0. The van der Waals surface area contributed by atoms with Gasteiger partial charge >= 0.3 is 5.97 Å². The summed E-state index contributed by atoms with van der Waals surface area (Å²) >= 11 is 0. The van der Waals surface area contributed by atoms with E-state index in [2.05, 4.69) is 63.5 Å². The van der Waals surface area contributed by atoms with E-state index in [1.54, 1.807) is 41.5 Å². The summed E-state index contributed by atoms with van der Waals surface area (Å²) in [5.41, 5.74) is 21.8. The van der Waals surface area contributed by atoms with Crippen LogP contribution in [-0.2, 0) is 68.7 Å². The minimum Gasteiger partial charge on any atom is -0.508 e. The van der Waals surface area contributed by atoms with Crippen molar-refractivity contribution in [1.29, 1.82) is 0 Å².